The summed E-state index contributed by atoms with van der Waals surface area (Å²) in [6.45, 7) is 3.52. The highest BCUT2D eigenvalue weighted by Crippen LogP contribution is 2.38. The summed E-state index contributed by atoms with van der Waals surface area (Å²) in [5.41, 5.74) is 6.65. The molecule has 0 atom stereocenters. The van der Waals surface area contributed by atoms with Gasteiger partial charge in [0.05, 0.1) is 39.5 Å². The van der Waals surface area contributed by atoms with E-state index in [9.17, 15) is 0 Å². The average Bonchev–Trinajstić information content (AvgIpc) is 2.48. The smallest absolute Gasteiger partial charge is 0.211 e. The van der Waals surface area contributed by atoms with Gasteiger partial charge in [-0.25, -0.2) is 0 Å². The first-order chi connectivity index (χ1) is 9.15. The lowest BCUT2D eigenvalue weighted by Gasteiger charge is -2.39. The van der Waals surface area contributed by atoms with Gasteiger partial charge in [-0.3, -0.25) is 0 Å². The molecule has 1 saturated heterocycles. The Morgan fingerprint density at radius 1 is 1.26 bits per heavy atom. The first-order valence-electron chi connectivity index (χ1n) is 6.35. The summed E-state index contributed by atoms with van der Waals surface area (Å²) in [6, 6.07) is 5.51. The summed E-state index contributed by atoms with van der Waals surface area (Å²) in [5.74, 6) is 0.804. The molecule has 0 spiro atoms. The SMILES string of the molecule is COc1ccc(OC)c(C2(CN)OCC(C)CO2)c1. The van der Waals surface area contributed by atoms with Gasteiger partial charge < -0.3 is 24.7 Å². The van der Waals surface area contributed by atoms with Crippen molar-refractivity contribution in [3.63, 3.8) is 0 Å². The van der Waals surface area contributed by atoms with Crippen molar-refractivity contribution in [2.24, 2.45) is 11.7 Å². The fraction of sp³-hybridized carbons (Fsp3) is 0.571. The first-order valence-corrected chi connectivity index (χ1v) is 6.35. The van der Waals surface area contributed by atoms with Gasteiger partial charge in [0.15, 0.2) is 0 Å². The van der Waals surface area contributed by atoms with Crippen molar-refractivity contribution in [3.8, 4) is 11.5 Å². The number of benzene rings is 1. The van der Waals surface area contributed by atoms with Crippen LogP contribution in [-0.2, 0) is 15.3 Å². The summed E-state index contributed by atoms with van der Waals surface area (Å²) < 4.78 is 22.4. The number of hydrogen-bond donors (Lipinski definition) is 1. The second-order valence-electron chi connectivity index (χ2n) is 4.75. The lowest BCUT2D eigenvalue weighted by molar-refractivity contribution is -0.284. The second-order valence-corrected chi connectivity index (χ2v) is 4.75. The van der Waals surface area contributed by atoms with Crippen molar-refractivity contribution in [3.05, 3.63) is 23.8 Å². The molecule has 0 unspecified atom stereocenters. The predicted octanol–water partition coefficient (Wildman–Crippen LogP) is 1.50. The van der Waals surface area contributed by atoms with Crippen LogP contribution in [0.5, 0.6) is 11.5 Å². The minimum atomic E-state index is -0.952. The molecule has 19 heavy (non-hydrogen) atoms. The summed E-state index contributed by atoms with van der Waals surface area (Å²) in [5, 5.41) is 0. The number of hydrogen-bond acceptors (Lipinski definition) is 5. The number of rotatable bonds is 4. The van der Waals surface area contributed by atoms with Gasteiger partial charge in [0.1, 0.15) is 11.5 Å². The minimum absolute atomic E-state index is 0.225. The van der Waals surface area contributed by atoms with Crippen molar-refractivity contribution >= 4 is 0 Å². The summed E-state index contributed by atoms with van der Waals surface area (Å²) in [7, 11) is 3.23. The molecule has 0 radical (unpaired) electrons. The lowest BCUT2D eigenvalue weighted by atomic mass is 10.0. The van der Waals surface area contributed by atoms with Crippen molar-refractivity contribution in [2.75, 3.05) is 34.0 Å². The van der Waals surface area contributed by atoms with E-state index in [1.165, 1.54) is 0 Å². The van der Waals surface area contributed by atoms with Crippen molar-refractivity contribution in [1.29, 1.82) is 0 Å². The van der Waals surface area contributed by atoms with Crippen LogP contribution in [0.2, 0.25) is 0 Å². The minimum Gasteiger partial charge on any atom is -0.497 e. The quantitative estimate of drug-likeness (QED) is 0.895. The van der Waals surface area contributed by atoms with E-state index in [0.717, 1.165) is 11.3 Å². The van der Waals surface area contributed by atoms with E-state index in [1.54, 1.807) is 14.2 Å². The van der Waals surface area contributed by atoms with Crippen LogP contribution >= 0.6 is 0 Å². The maximum absolute atomic E-state index is 5.88. The monoisotopic (exact) mass is 267 g/mol. The highest BCUT2D eigenvalue weighted by atomic mass is 16.7. The molecule has 1 aromatic rings. The standard InChI is InChI=1S/C14H21NO4/c1-10-7-18-14(9-15,19-8-10)12-6-11(16-2)4-5-13(12)17-3/h4-6,10H,7-9,15H2,1-3H3. The lowest BCUT2D eigenvalue weighted by Crippen LogP contribution is -2.46. The van der Waals surface area contributed by atoms with Crippen LogP contribution in [0.3, 0.4) is 0 Å². The van der Waals surface area contributed by atoms with Gasteiger partial charge in [0.25, 0.3) is 0 Å². The van der Waals surface area contributed by atoms with Crippen LogP contribution in [-0.4, -0.2) is 34.0 Å². The van der Waals surface area contributed by atoms with Crippen LogP contribution in [0, 0.1) is 5.92 Å². The molecule has 1 aliphatic rings. The molecule has 0 bridgehead atoms. The second kappa shape index (κ2) is 5.77. The van der Waals surface area contributed by atoms with E-state index in [1.807, 2.05) is 18.2 Å². The molecule has 5 heteroatoms. The molecule has 0 amide bonds. The number of nitrogens with two attached hydrogens (primary N) is 1. The largest absolute Gasteiger partial charge is 0.497 e. The molecule has 5 nitrogen and oxygen atoms in total. The Labute approximate surface area is 113 Å². The van der Waals surface area contributed by atoms with Crippen LogP contribution < -0.4 is 15.2 Å². The van der Waals surface area contributed by atoms with Crippen molar-refractivity contribution in [2.45, 2.75) is 12.7 Å². The summed E-state index contributed by atoms with van der Waals surface area (Å²) in [4.78, 5) is 0. The maximum Gasteiger partial charge on any atom is 0.211 e. The fourth-order valence-electron chi connectivity index (χ4n) is 2.14. The molecule has 1 aromatic carbocycles. The van der Waals surface area contributed by atoms with Gasteiger partial charge in [0.2, 0.25) is 5.79 Å². The molecular formula is C14H21NO4. The highest BCUT2D eigenvalue weighted by Gasteiger charge is 2.40. The van der Waals surface area contributed by atoms with E-state index >= 15 is 0 Å². The molecular weight excluding hydrogens is 246 g/mol. The summed E-state index contributed by atoms with van der Waals surface area (Å²) in [6.07, 6.45) is 0. The Morgan fingerprint density at radius 2 is 1.95 bits per heavy atom. The van der Waals surface area contributed by atoms with Crippen molar-refractivity contribution < 1.29 is 18.9 Å². The number of ether oxygens (including phenoxy) is 4. The third kappa shape index (κ3) is 2.68. The zero-order valence-electron chi connectivity index (χ0n) is 11.6. The zero-order chi connectivity index (χ0) is 13.9. The summed E-state index contributed by atoms with van der Waals surface area (Å²) >= 11 is 0. The van der Waals surface area contributed by atoms with E-state index in [4.69, 9.17) is 24.7 Å². The Hall–Kier alpha value is -1.30. The Balaban J connectivity index is 2.41. The van der Waals surface area contributed by atoms with E-state index in [0.29, 0.717) is 24.9 Å². The third-order valence-electron chi connectivity index (χ3n) is 3.29. The number of methoxy groups -OCH3 is 2. The molecule has 1 aliphatic heterocycles. The molecule has 0 saturated carbocycles. The van der Waals surface area contributed by atoms with Crippen LogP contribution in [0.25, 0.3) is 0 Å². The van der Waals surface area contributed by atoms with Gasteiger partial charge >= 0.3 is 0 Å². The molecule has 1 fully saturated rings. The fourth-order valence-corrected chi connectivity index (χ4v) is 2.14. The highest BCUT2D eigenvalue weighted by molar-refractivity contribution is 5.43. The Morgan fingerprint density at radius 3 is 2.47 bits per heavy atom. The predicted molar refractivity (Wildman–Crippen MR) is 71.3 cm³/mol. The molecule has 0 aliphatic carbocycles. The van der Waals surface area contributed by atoms with Gasteiger partial charge in [-0.1, -0.05) is 6.92 Å². The average molecular weight is 267 g/mol. The van der Waals surface area contributed by atoms with Crippen LogP contribution in [0.15, 0.2) is 18.2 Å². The topological polar surface area (TPSA) is 62.9 Å². The van der Waals surface area contributed by atoms with E-state index in [-0.39, 0.29) is 6.54 Å². The van der Waals surface area contributed by atoms with Gasteiger partial charge in [0, 0.05) is 5.92 Å². The molecule has 0 aromatic heterocycles. The molecule has 1 heterocycles. The van der Waals surface area contributed by atoms with Crippen LogP contribution in [0.1, 0.15) is 12.5 Å². The normalized spacial score (nSPS) is 27.1. The van der Waals surface area contributed by atoms with Gasteiger partial charge in [-0.15, -0.1) is 0 Å². The zero-order valence-corrected chi connectivity index (χ0v) is 11.6. The maximum atomic E-state index is 5.88. The van der Waals surface area contributed by atoms with E-state index < -0.39 is 5.79 Å². The molecule has 106 valence electrons. The Kier molecular flexibility index (Phi) is 4.29. The first kappa shape index (κ1) is 14.1. The van der Waals surface area contributed by atoms with Gasteiger partial charge in [-0.2, -0.15) is 0 Å². The van der Waals surface area contributed by atoms with Gasteiger partial charge in [-0.05, 0) is 18.2 Å². The third-order valence-corrected chi connectivity index (χ3v) is 3.29. The molecule has 2 rings (SSSR count). The van der Waals surface area contributed by atoms with E-state index in [2.05, 4.69) is 6.92 Å². The Bertz CT molecular complexity index is 427. The van der Waals surface area contributed by atoms with Crippen LogP contribution in [0.4, 0.5) is 0 Å². The molecule has 2 N–H and O–H groups in total. The van der Waals surface area contributed by atoms with Crippen molar-refractivity contribution in [1.82, 2.24) is 0 Å².